The smallest absolute Gasteiger partial charge is 0.268 e. The predicted octanol–water partition coefficient (Wildman–Crippen LogP) is 1.98. The zero-order chi connectivity index (χ0) is 12.4. The second kappa shape index (κ2) is 4.87. The van der Waals surface area contributed by atoms with Gasteiger partial charge in [-0.15, -0.1) is 0 Å². The topological polar surface area (TPSA) is 66.0 Å². The summed E-state index contributed by atoms with van der Waals surface area (Å²) in [6.45, 7) is 2.00. The lowest BCUT2D eigenvalue weighted by Gasteiger charge is -2.05. The van der Waals surface area contributed by atoms with E-state index in [4.69, 9.17) is 0 Å². The molecule has 0 saturated carbocycles. The van der Waals surface area contributed by atoms with E-state index < -0.39 is 0 Å². The van der Waals surface area contributed by atoms with Gasteiger partial charge < -0.3 is 10.1 Å². The second-order valence-electron chi connectivity index (χ2n) is 3.75. The number of aromatic nitrogens is 2. The van der Waals surface area contributed by atoms with Gasteiger partial charge in [-0.3, -0.25) is 4.79 Å². The minimum absolute atomic E-state index is 0.210. The number of aromatic hydroxyl groups is 1. The lowest BCUT2D eigenvalue weighted by molar-refractivity contribution is 0.443. The van der Waals surface area contributed by atoms with Crippen LogP contribution in [0.15, 0.2) is 29.1 Å². The molecular formula is C12H11IN2O2. The Morgan fingerprint density at radius 2 is 2.12 bits per heavy atom. The van der Waals surface area contributed by atoms with Crippen LogP contribution in [0.25, 0.3) is 0 Å². The third kappa shape index (κ3) is 2.66. The van der Waals surface area contributed by atoms with Gasteiger partial charge in [0.15, 0.2) is 0 Å². The number of aryl methyl sites for hydroxylation is 1. The average molecular weight is 342 g/mol. The van der Waals surface area contributed by atoms with Crippen molar-refractivity contribution >= 4 is 22.6 Å². The van der Waals surface area contributed by atoms with Crippen molar-refractivity contribution in [3.05, 3.63) is 55.1 Å². The van der Waals surface area contributed by atoms with Gasteiger partial charge in [-0.2, -0.15) is 4.98 Å². The molecule has 4 nitrogen and oxygen atoms in total. The van der Waals surface area contributed by atoms with Crippen LogP contribution in [0.2, 0.25) is 0 Å². The van der Waals surface area contributed by atoms with Crippen molar-refractivity contribution in [1.29, 1.82) is 0 Å². The molecule has 0 spiro atoms. The van der Waals surface area contributed by atoms with Crippen molar-refractivity contribution < 1.29 is 5.11 Å². The Labute approximate surface area is 112 Å². The summed E-state index contributed by atoms with van der Waals surface area (Å²) in [5.74, 6) is 0.264. The normalized spacial score (nSPS) is 10.5. The minimum Gasteiger partial charge on any atom is -0.492 e. The van der Waals surface area contributed by atoms with E-state index in [2.05, 4.69) is 9.97 Å². The maximum Gasteiger partial charge on any atom is 0.268 e. The molecule has 1 aromatic carbocycles. The van der Waals surface area contributed by atoms with E-state index in [0.29, 0.717) is 12.2 Å². The van der Waals surface area contributed by atoms with Crippen LogP contribution in [0.5, 0.6) is 5.88 Å². The van der Waals surface area contributed by atoms with E-state index in [1.165, 1.54) is 0 Å². The summed E-state index contributed by atoms with van der Waals surface area (Å²) in [5.41, 5.74) is 1.91. The summed E-state index contributed by atoms with van der Waals surface area (Å²) in [6.07, 6.45) is 0.506. The molecule has 0 amide bonds. The first-order valence-corrected chi connectivity index (χ1v) is 6.18. The minimum atomic E-state index is -0.304. The van der Waals surface area contributed by atoms with Gasteiger partial charge in [-0.1, -0.05) is 24.3 Å². The Bertz CT molecular complexity index is 608. The number of rotatable bonds is 2. The number of H-pyrrole nitrogens is 1. The second-order valence-corrected chi connectivity index (χ2v) is 4.83. The molecule has 0 unspecified atom stereocenters. The maximum absolute atomic E-state index is 11.5. The molecule has 0 bridgehead atoms. The Morgan fingerprint density at radius 1 is 1.41 bits per heavy atom. The molecule has 0 fully saturated rings. The number of hydrogen-bond acceptors (Lipinski definition) is 3. The van der Waals surface area contributed by atoms with Gasteiger partial charge in [0, 0.05) is 6.42 Å². The first-order valence-electron chi connectivity index (χ1n) is 5.10. The van der Waals surface area contributed by atoms with Gasteiger partial charge >= 0.3 is 0 Å². The van der Waals surface area contributed by atoms with E-state index in [1.54, 1.807) is 22.6 Å². The monoisotopic (exact) mass is 342 g/mol. The summed E-state index contributed by atoms with van der Waals surface area (Å²) in [5, 5.41) is 9.49. The lowest BCUT2D eigenvalue weighted by Crippen LogP contribution is -2.14. The highest BCUT2D eigenvalue weighted by molar-refractivity contribution is 14.1. The molecule has 2 N–H and O–H groups in total. The quantitative estimate of drug-likeness (QED) is 0.821. The molecule has 2 aromatic rings. The van der Waals surface area contributed by atoms with Crippen molar-refractivity contribution in [1.82, 2.24) is 9.97 Å². The highest BCUT2D eigenvalue weighted by Crippen LogP contribution is 2.14. The molecule has 1 heterocycles. The molecule has 0 aliphatic carbocycles. The molecule has 0 radical (unpaired) electrons. The molecule has 0 aliphatic heterocycles. The molecule has 0 saturated heterocycles. The van der Waals surface area contributed by atoms with Crippen molar-refractivity contribution in [3.63, 3.8) is 0 Å². The van der Waals surface area contributed by atoms with Gasteiger partial charge in [0.05, 0.1) is 0 Å². The van der Waals surface area contributed by atoms with E-state index in [-0.39, 0.29) is 15.0 Å². The van der Waals surface area contributed by atoms with Crippen LogP contribution < -0.4 is 5.56 Å². The Morgan fingerprint density at radius 3 is 2.76 bits per heavy atom. The van der Waals surface area contributed by atoms with Crippen LogP contribution in [0.1, 0.15) is 17.0 Å². The summed E-state index contributed by atoms with van der Waals surface area (Å²) in [7, 11) is 0. The van der Waals surface area contributed by atoms with E-state index in [0.717, 1.165) is 11.1 Å². The molecule has 2 rings (SSSR count). The number of aromatic amines is 1. The molecule has 88 valence electrons. The largest absolute Gasteiger partial charge is 0.492 e. The van der Waals surface area contributed by atoms with Crippen LogP contribution in [0.4, 0.5) is 0 Å². The van der Waals surface area contributed by atoms with Crippen LogP contribution in [0.3, 0.4) is 0 Å². The highest BCUT2D eigenvalue weighted by Gasteiger charge is 2.08. The van der Waals surface area contributed by atoms with Crippen molar-refractivity contribution in [2.24, 2.45) is 0 Å². The van der Waals surface area contributed by atoms with Crippen molar-refractivity contribution in [2.45, 2.75) is 13.3 Å². The standard InChI is InChI=1S/C12H11IN2O2/c1-7-4-2-3-5-8(7)6-9-14-11(16)10(13)12(17)15-9/h2-5H,6H2,1H3,(H2,14,15,16,17). The Balaban J connectivity index is 2.38. The first kappa shape index (κ1) is 12.1. The van der Waals surface area contributed by atoms with Crippen molar-refractivity contribution in [3.8, 4) is 5.88 Å². The number of nitrogens with one attached hydrogen (secondary N) is 1. The summed E-state index contributed by atoms with van der Waals surface area (Å²) < 4.78 is 0.219. The maximum atomic E-state index is 11.5. The Hall–Kier alpha value is -1.37. The van der Waals surface area contributed by atoms with E-state index >= 15 is 0 Å². The van der Waals surface area contributed by atoms with Gasteiger partial charge in [0.2, 0.25) is 5.88 Å². The van der Waals surface area contributed by atoms with Gasteiger partial charge in [-0.05, 0) is 40.6 Å². The predicted molar refractivity (Wildman–Crippen MR) is 73.2 cm³/mol. The fourth-order valence-corrected chi connectivity index (χ4v) is 1.82. The Kier molecular flexibility index (Phi) is 3.46. The summed E-state index contributed by atoms with van der Waals surface area (Å²) in [4.78, 5) is 18.1. The SMILES string of the molecule is Cc1ccccc1Cc1nc(O)c(I)c(=O)[nH]1. The van der Waals surface area contributed by atoms with Crippen molar-refractivity contribution in [2.75, 3.05) is 0 Å². The van der Waals surface area contributed by atoms with Crippen LogP contribution >= 0.6 is 22.6 Å². The molecular weight excluding hydrogens is 331 g/mol. The fourth-order valence-electron chi connectivity index (χ4n) is 1.56. The summed E-state index contributed by atoms with van der Waals surface area (Å²) in [6, 6.07) is 7.87. The molecule has 17 heavy (non-hydrogen) atoms. The zero-order valence-electron chi connectivity index (χ0n) is 9.20. The fraction of sp³-hybridized carbons (Fsp3) is 0.167. The zero-order valence-corrected chi connectivity index (χ0v) is 11.4. The number of nitrogens with zero attached hydrogens (tertiary/aromatic N) is 1. The lowest BCUT2D eigenvalue weighted by atomic mass is 10.1. The third-order valence-electron chi connectivity index (χ3n) is 2.51. The van der Waals surface area contributed by atoms with Crippen LogP contribution in [-0.2, 0) is 6.42 Å². The molecule has 5 heteroatoms. The number of benzene rings is 1. The summed E-state index contributed by atoms with van der Waals surface area (Å²) >= 11 is 1.77. The molecule has 0 aliphatic rings. The number of hydrogen-bond donors (Lipinski definition) is 2. The van der Waals surface area contributed by atoms with Gasteiger partial charge in [0.1, 0.15) is 9.39 Å². The van der Waals surface area contributed by atoms with Gasteiger partial charge in [0.25, 0.3) is 5.56 Å². The van der Waals surface area contributed by atoms with Crippen LogP contribution in [0, 0.1) is 10.5 Å². The van der Waals surface area contributed by atoms with E-state index in [1.807, 2.05) is 31.2 Å². The third-order valence-corrected chi connectivity index (χ3v) is 3.49. The molecule has 1 aromatic heterocycles. The van der Waals surface area contributed by atoms with Crippen LogP contribution in [-0.4, -0.2) is 15.1 Å². The average Bonchev–Trinajstić information content (AvgIpc) is 2.29. The van der Waals surface area contributed by atoms with Gasteiger partial charge in [-0.25, -0.2) is 0 Å². The first-order chi connectivity index (χ1) is 8.08. The molecule has 0 atom stereocenters. The number of halogens is 1. The highest BCUT2D eigenvalue weighted by atomic mass is 127. The van der Waals surface area contributed by atoms with E-state index in [9.17, 15) is 9.90 Å².